The summed E-state index contributed by atoms with van der Waals surface area (Å²) in [5, 5.41) is 0. The third-order valence-electron chi connectivity index (χ3n) is 5.26. The Morgan fingerprint density at radius 2 is 1.85 bits per heavy atom. The maximum atomic E-state index is 13.0. The van der Waals surface area contributed by atoms with Gasteiger partial charge in [0.2, 0.25) is 0 Å². The molecule has 1 saturated carbocycles. The van der Waals surface area contributed by atoms with Crippen LogP contribution >= 0.6 is 11.3 Å². The number of fused-ring (bicyclic) bond motifs is 1. The molecule has 26 heavy (non-hydrogen) atoms. The maximum Gasteiger partial charge on any atom is 0.264 e. The average molecular weight is 372 g/mol. The summed E-state index contributed by atoms with van der Waals surface area (Å²) in [6, 6.07) is 10.4. The minimum Gasteiger partial charge on any atom is -0.486 e. The number of amides is 1. The molecule has 0 N–H and O–H groups in total. The summed E-state index contributed by atoms with van der Waals surface area (Å²) in [6.07, 6.45) is 6.05. The van der Waals surface area contributed by atoms with Crippen molar-refractivity contribution >= 4 is 17.2 Å². The number of carbonyl (C=O) groups excluding carboxylic acids is 1. The van der Waals surface area contributed by atoms with E-state index in [9.17, 15) is 4.79 Å². The van der Waals surface area contributed by atoms with E-state index in [-0.39, 0.29) is 5.91 Å². The van der Waals surface area contributed by atoms with Crippen molar-refractivity contribution in [1.82, 2.24) is 4.90 Å². The molecule has 1 fully saturated rings. The summed E-state index contributed by atoms with van der Waals surface area (Å²) in [7, 11) is 0. The molecule has 0 bridgehead atoms. The predicted octanol–water partition coefficient (Wildman–Crippen LogP) is 4.98. The molecule has 0 saturated heterocycles. The van der Waals surface area contributed by atoms with Crippen molar-refractivity contribution in [1.29, 1.82) is 0 Å². The molecule has 2 aromatic rings. The van der Waals surface area contributed by atoms with Gasteiger partial charge in [0.15, 0.2) is 11.5 Å². The number of rotatable bonds is 4. The number of nitrogens with zero attached hydrogens (tertiary/aromatic N) is 1. The Kier molecular flexibility index (Phi) is 5.16. The highest BCUT2D eigenvalue weighted by atomic mass is 32.1. The van der Waals surface area contributed by atoms with Gasteiger partial charge in [0.1, 0.15) is 13.2 Å². The molecular formula is C21H25NO3S. The van der Waals surface area contributed by atoms with Gasteiger partial charge in [0, 0.05) is 17.5 Å². The van der Waals surface area contributed by atoms with Crippen molar-refractivity contribution < 1.29 is 14.3 Å². The first kappa shape index (κ1) is 17.4. The average Bonchev–Trinajstić information content (AvgIpc) is 3.19. The van der Waals surface area contributed by atoms with Crippen LogP contribution in [0.2, 0.25) is 0 Å². The Bertz CT molecular complexity index is 779. The molecule has 1 aliphatic carbocycles. The summed E-state index contributed by atoms with van der Waals surface area (Å²) in [5.41, 5.74) is 1.07. The van der Waals surface area contributed by atoms with E-state index in [2.05, 4.69) is 11.8 Å². The lowest BCUT2D eigenvalue weighted by molar-refractivity contribution is 0.0653. The quantitative estimate of drug-likeness (QED) is 0.761. The Balaban J connectivity index is 1.54. The third-order valence-corrected chi connectivity index (χ3v) is 6.38. The van der Waals surface area contributed by atoms with Gasteiger partial charge < -0.3 is 14.4 Å². The fourth-order valence-electron chi connectivity index (χ4n) is 3.91. The summed E-state index contributed by atoms with van der Waals surface area (Å²) in [5.74, 6) is 1.75. The third kappa shape index (κ3) is 3.45. The van der Waals surface area contributed by atoms with Crippen molar-refractivity contribution in [2.24, 2.45) is 0 Å². The largest absolute Gasteiger partial charge is 0.486 e. The van der Waals surface area contributed by atoms with Crippen molar-refractivity contribution in [3.63, 3.8) is 0 Å². The highest BCUT2D eigenvalue weighted by Crippen LogP contribution is 2.37. The molecule has 0 atom stereocenters. The molecule has 0 spiro atoms. The van der Waals surface area contributed by atoms with E-state index in [0.29, 0.717) is 19.3 Å². The first-order chi connectivity index (χ1) is 12.8. The van der Waals surface area contributed by atoms with Gasteiger partial charge in [0.25, 0.3) is 5.91 Å². The van der Waals surface area contributed by atoms with Gasteiger partial charge in [0.05, 0.1) is 4.88 Å². The predicted molar refractivity (Wildman–Crippen MR) is 104 cm³/mol. The Hall–Kier alpha value is -2.01. The van der Waals surface area contributed by atoms with E-state index < -0.39 is 0 Å². The van der Waals surface area contributed by atoms with Crippen LogP contribution in [0.1, 0.15) is 48.7 Å². The second-order valence-corrected chi connectivity index (χ2v) is 7.99. The second kappa shape index (κ2) is 7.70. The molecule has 0 unspecified atom stereocenters. The number of carbonyl (C=O) groups is 1. The van der Waals surface area contributed by atoms with Crippen molar-refractivity contribution in [2.75, 3.05) is 19.8 Å². The van der Waals surface area contributed by atoms with Crippen LogP contribution in [0.4, 0.5) is 0 Å². The Morgan fingerprint density at radius 1 is 1.08 bits per heavy atom. The Morgan fingerprint density at radius 3 is 2.62 bits per heavy atom. The van der Waals surface area contributed by atoms with Gasteiger partial charge in [-0.1, -0.05) is 19.3 Å². The van der Waals surface area contributed by atoms with Gasteiger partial charge in [-0.2, -0.15) is 0 Å². The zero-order valence-electron chi connectivity index (χ0n) is 15.2. The van der Waals surface area contributed by atoms with Crippen LogP contribution in [0.5, 0.6) is 11.5 Å². The lowest BCUT2D eigenvalue weighted by atomic mass is 9.94. The van der Waals surface area contributed by atoms with Gasteiger partial charge >= 0.3 is 0 Å². The van der Waals surface area contributed by atoms with Crippen molar-refractivity contribution in [3.8, 4) is 21.9 Å². The van der Waals surface area contributed by atoms with Crippen molar-refractivity contribution in [3.05, 3.63) is 35.2 Å². The molecule has 0 radical (unpaired) electrons. The van der Waals surface area contributed by atoms with E-state index in [1.807, 2.05) is 30.3 Å². The molecule has 1 amide bonds. The highest BCUT2D eigenvalue weighted by molar-refractivity contribution is 7.17. The van der Waals surface area contributed by atoms with E-state index in [4.69, 9.17) is 9.47 Å². The fourth-order valence-corrected chi connectivity index (χ4v) is 4.86. The molecule has 2 heterocycles. The smallest absolute Gasteiger partial charge is 0.264 e. The van der Waals surface area contributed by atoms with Gasteiger partial charge in [-0.25, -0.2) is 0 Å². The number of ether oxygens (including phenoxy) is 2. The first-order valence-corrected chi connectivity index (χ1v) is 10.4. The Labute approximate surface area is 158 Å². The van der Waals surface area contributed by atoms with Crippen LogP contribution in [0.3, 0.4) is 0 Å². The molecule has 2 aliphatic rings. The lowest BCUT2D eigenvalue weighted by Gasteiger charge is -2.33. The minimum absolute atomic E-state index is 0.174. The van der Waals surface area contributed by atoms with E-state index in [0.717, 1.165) is 46.2 Å². The fraction of sp³-hybridized carbons (Fsp3) is 0.476. The summed E-state index contributed by atoms with van der Waals surface area (Å²) in [4.78, 5) is 17.0. The molecule has 4 rings (SSSR count). The van der Waals surface area contributed by atoms with Gasteiger partial charge in [-0.05, 0) is 55.7 Å². The van der Waals surface area contributed by atoms with Crippen LogP contribution in [-0.2, 0) is 0 Å². The molecule has 5 heteroatoms. The second-order valence-electron chi connectivity index (χ2n) is 6.91. The topological polar surface area (TPSA) is 38.8 Å². The molecule has 1 aliphatic heterocycles. The monoisotopic (exact) mass is 371 g/mol. The molecule has 1 aromatic heterocycles. The van der Waals surface area contributed by atoms with Crippen LogP contribution in [0, 0.1) is 0 Å². The SMILES string of the molecule is CCN(C(=O)c1ccc(-c2ccc3c(c2)OCCO3)s1)C1CCCCC1. The van der Waals surface area contributed by atoms with Crippen molar-refractivity contribution in [2.45, 2.75) is 45.1 Å². The van der Waals surface area contributed by atoms with Gasteiger partial charge in [-0.15, -0.1) is 11.3 Å². The maximum absolute atomic E-state index is 13.0. The molecule has 138 valence electrons. The standard InChI is InChI=1S/C21H25NO3S/c1-2-22(16-6-4-3-5-7-16)21(23)20-11-10-19(26-20)15-8-9-17-18(14-15)25-13-12-24-17/h8-11,14,16H,2-7,12-13H2,1H3. The summed E-state index contributed by atoms with van der Waals surface area (Å²) < 4.78 is 11.3. The summed E-state index contributed by atoms with van der Waals surface area (Å²) in [6.45, 7) is 4.04. The van der Waals surface area contributed by atoms with Crippen LogP contribution in [0.25, 0.3) is 10.4 Å². The number of thiophene rings is 1. The van der Waals surface area contributed by atoms with E-state index >= 15 is 0 Å². The van der Waals surface area contributed by atoms with Gasteiger partial charge in [-0.3, -0.25) is 4.79 Å². The number of hydrogen-bond acceptors (Lipinski definition) is 4. The van der Waals surface area contributed by atoms with E-state index in [1.165, 1.54) is 19.3 Å². The normalized spacial score (nSPS) is 17.1. The molecular weight excluding hydrogens is 346 g/mol. The minimum atomic E-state index is 0.174. The zero-order chi connectivity index (χ0) is 17.9. The zero-order valence-corrected chi connectivity index (χ0v) is 16.0. The van der Waals surface area contributed by atoms with Crippen LogP contribution in [-0.4, -0.2) is 36.6 Å². The molecule has 4 nitrogen and oxygen atoms in total. The number of hydrogen-bond donors (Lipinski definition) is 0. The lowest BCUT2D eigenvalue weighted by Crippen LogP contribution is -2.40. The molecule has 1 aromatic carbocycles. The van der Waals surface area contributed by atoms with Crippen LogP contribution < -0.4 is 9.47 Å². The summed E-state index contributed by atoms with van der Waals surface area (Å²) >= 11 is 1.56. The van der Waals surface area contributed by atoms with E-state index in [1.54, 1.807) is 11.3 Å². The number of benzene rings is 1. The highest BCUT2D eigenvalue weighted by Gasteiger charge is 2.26. The van der Waals surface area contributed by atoms with Crippen LogP contribution in [0.15, 0.2) is 30.3 Å². The first-order valence-electron chi connectivity index (χ1n) is 9.57.